The molecule has 10 heteroatoms. The number of sulfonamides is 1. The van der Waals surface area contributed by atoms with Crippen molar-refractivity contribution in [1.82, 2.24) is 15.0 Å². The molecule has 0 spiro atoms. The van der Waals surface area contributed by atoms with Crippen LogP contribution in [-0.4, -0.2) is 43.9 Å². The number of rotatable bonds is 12. The van der Waals surface area contributed by atoms with Gasteiger partial charge in [-0.05, 0) is 55.4 Å². The van der Waals surface area contributed by atoms with Gasteiger partial charge in [-0.2, -0.15) is 4.31 Å². The monoisotopic (exact) mass is 578 g/mol. The van der Waals surface area contributed by atoms with Gasteiger partial charge in [0, 0.05) is 24.2 Å². The number of nitrogens with zero attached hydrogens (tertiary/aromatic N) is 1. The lowest BCUT2D eigenvalue weighted by Gasteiger charge is -2.31. The van der Waals surface area contributed by atoms with E-state index in [9.17, 15) is 18.0 Å². The first-order valence-electron chi connectivity index (χ1n) is 13.8. The molecule has 0 radical (unpaired) electrons. The molecule has 0 unspecified atom stereocenters. The van der Waals surface area contributed by atoms with E-state index in [1.807, 2.05) is 69.3 Å². The Morgan fingerprint density at radius 1 is 0.927 bits per heavy atom. The van der Waals surface area contributed by atoms with Crippen molar-refractivity contribution in [2.24, 2.45) is 11.8 Å². The van der Waals surface area contributed by atoms with Crippen LogP contribution in [0.5, 0.6) is 0 Å². The van der Waals surface area contributed by atoms with Crippen LogP contribution in [0, 0.1) is 12.8 Å². The van der Waals surface area contributed by atoms with Crippen LogP contribution in [0.3, 0.4) is 0 Å². The van der Waals surface area contributed by atoms with E-state index in [1.54, 1.807) is 24.3 Å². The molecule has 218 valence electrons. The minimum atomic E-state index is -3.96. The van der Waals surface area contributed by atoms with Crippen LogP contribution in [0.1, 0.15) is 55.9 Å². The number of fused-ring (bicyclic) bond motifs is 3. The number of hydrogen-bond acceptors (Lipinski definition) is 6. The van der Waals surface area contributed by atoms with Gasteiger partial charge in [-0.15, -0.1) is 0 Å². The van der Waals surface area contributed by atoms with E-state index in [-0.39, 0.29) is 23.8 Å². The number of benzene rings is 3. The van der Waals surface area contributed by atoms with Gasteiger partial charge in [0.1, 0.15) is 6.04 Å². The average molecular weight is 579 g/mol. The first-order chi connectivity index (χ1) is 19.6. The first-order valence-corrected chi connectivity index (χ1v) is 15.3. The third kappa shape index (κ3) is 6.95. The lowest BCUT2D eigenvalue weighted by Crippen LogP contribution is -2.52. The quantitative estimate of drug-likeness (QED) is 0.124. The van der Waals surface area contributed by atoms with Crippen LogP contribution in [0.4, 0.5) is 4.79 Å². The second kappa shape index (κ2) is 13.3. The molecule has 0 bridgehead atoms. The Bertz CT molecular complexity index is 1430. The number of carbonyl (C=O) groups excluding carboxylic acids is 2. The third-order valence-corrected chi connectivity index (χ3v) is 9.03. The molecule has 3 aromatic rings. The van der Waals surface area contributed by atoms with Crippen molar-refractivity contribution in [2.75, 3.05) is 13.1 Å². The number of amides is 2. The van der Waals surface area contributed by atoms with Crippen molar-refractivity contribution in [3.05, 3.63) is 89.5 Å². The first kappa shape index (κ1) is 30.2. The highest BCUT2D eigenvalue weighted by Crippen LogP contribution is 2.45. The van der Waals surface area contributed by atoms with Crippen LogP contribution >= 0.6 is 0 Å². The Morgan fingerprint density at radius 3 is 2.07 bits per heavy atom. The fraction of sp³-hybridized carbons (Fsp3) is 0.355. The number of aryl methyl sites for hydroxylation is 1. The Balaban J connectivity index is 1.37. The van der Waals surface area contributed by atoms with Gasteiger partial charge in [0.05, 0.1) is 4.90 Å². The zero-order valence-electron chi connectivity index (χ0n) is 23.7. The van der Waals surface area contributed by atoms with Crippen molar-refractivity contribution >= 4 is 22.0 Å². The molecule has 3 aromatic carbocycles. The van der Waals surface area contributed by atoms with Crippen LogP contribution < -0.4 is 16.6 Å². The number of carbonyl (C=O) groups is 2. The summed E-state index contributed by atoms with van der Waals surface area (Å²) in [5.41, 5.74) is 7.06. The highest BCUT2D eigenvalue weighted by molar-refractivity contribution is 7.89. The van der Waals surface area contributed by atoms with Gasteiger partial charge in [-0.3, -0.25) is 10.2 Å². The van der Waals surface area contributed by atoms with Crippen LogP contribution in [0.15, 0.2) is 77.7 Å². The van der Waals surface area contributed by atoms with Gasteiger partial charge in [0.2, 0.25) is 10.0 Å². The summed E-state index contributed by atoms with van der Waals surface area (Å²) in [7, 11) is -3.96. The standard InChI is InChI=1S/C31H38N4O5S/c1-21(2)20-35(41(38,39)23-17-15-22(3)16-18-23)28(30(36)34-32)14-8-9-19-33-31(37)40-29-26-12-6-4-10-24(26)25-11-5-7-13-27(25)29/h4-7,10-13,15-18,21,28-29H,8-9,14,19-20,32H2,1-3H3,(H,33,37)(H,34,36)/t28-/m0/s1. The summed E-state index contributed by atoms with van der Waals surface area (Å²) in [4.78, 5) is 25.6. The summed E-state index contributed by atoms with van der Waals surface area (Å²) < 4.78 is 34.2. The van der Waals surface area contributed by atoms with Crippen LogP contribution in [0.25, 0.3) is 11.1 Å². The van der Waals surface area contributed by atoms with Crippen LogP contribution in [0.2, 0.25) is 0 Å². The summed E-state index contributed by atoms with van der Waals surface area (Å²) >= 11 is 0. The predicted molar refractivity (Wildman–Crippen MR) is 158 cm³/mol. The van der Waals surface area contributed by atoms with Gasteiger partial charge in [-0.25, -0.2) is 19.1 Å². The minimum absolute atomic E-state index is 0.0226. The molecule has 0 fully saturated rings. The maximum Gasteiger partial charge on any atom is 0.408 e. The molecule has 2 amide bonds. The van der Waals surface area contributed by atoms with Crippen molar-refractivity contribution in [3.8, 4) is 11.1 Å². The molecule has 0 heterocycles. The molecular weight excluding hydrogens is 540 g/mol. The maximum atomic E-state index is 13.6. The zero-order chi connectivity index (χ0) is 29.6. The second-order valence-electron chi connectivity index (χ2n) is 10.7. The summed E-state index contributed by atoms with van der Waals surface area (Å²) in [6.07, 6.45) is 0.200. The predicted octanol–water partition coefficient (Wildman–Crippen LogP) is 4.67. The fourth-order valence-corrected chi connectivity index (χ4v) is 6.92. The molecule has 0 aromatic heterocycles. The Hall–Kier alpha value is -3.73. The van der Waals surface area contributed by atoms with E-state index in [4.69, 9.17) is 10.6 Å². The molecule has 0 saturated carbocycles. The smallest absolute Gasteiger partial charge is 0.408 e. The summed E-state index contributed by atoms with van der Waals surface area (Å²) in [6.45, 7) is 6.13. The zero-order valence-corrected chi connectivity index (χ0v) is 24.5. The van der Waals surface area contributed by atoms with Gasteiger partial charge in [0.25, 0.3) is 5.91 Å². The summed E-state index contributed by atoms with van der Waals surface area (Å²) in [5, 5.41) is 2.79. The maximum absolute atomic E-state index is 13.6. The highest BCUT2D eigenvalue weighted by Gasteiger charge is 2.36. The molecule has 0 aliphatic heterocycles. The van der Waals surface area contributed by atoms with Crippen LogP contribution in [-0.2, 0) is 19.6 Å². The lowest BCUT2D eigenvalue weighted by molar-refractivity contribution is -0.125. The topological polar surface area (TPSA) is 131 Å². The Morgan fingerprint density at radius 2 is 1.51 bits per heavy atom. The number of alkyl carbamates (subject to hydrolysis) is 1. The normalized spacial score (nSPS) is 13.5. The Labute approximate surface area is 242 Å². The number of hydrazine groups is 1. The van der Waals surface area contributed by atoms with Gasteiger partial charge >= 0.3 is 6.09 Å². The Kier molecular flexibility index (Phi) is 9.80. The number of ether oxygens (including phenoxy) is 1. The second-order valence-corrected chi connectivity index (χ2v) is 12.6. The summed E-state index contributed by atoms with van der Waals surface area (Å²) in [5.74, 6) is 4.87. The van der Waals surface area contributed by atoms with Crippen molar-refractivity contribution in [2.45, 2.75) is 57.1 Å². The molecular formula is C31H38N4O5S. The van der Waals surface area contributed by atoms with Crippen molar-refractivity contribution < 1.29 is 22.7 Å². The minimum Gasteiger partial charge on any atom is -0.436 e. The van der Waals surface area contributed by atoms with E-state index in [0.717, 1.165) is 27.8 Å². The molecule has 1 atom stereocenters. The van der Waals surface area contributed by atoms with Gasteiger partial charge in [-0.1, -0.05) is 80.1 Å². The van der Waals surface area contributed by atoms with Crippen molar-refractivity contribution in [3.63, 3.8) is 0 Å². The molecule has 9 nitrogen and oxygen atoms in total. The SMILES string of the molecule is Cc1ccc(S(=O)(=O)N(CC(C)C)[C@@H](CCCCNC(=O)OC2c3ccccc3-c3ccccc32)C(=O)NN)cc1. The largest absolute Gasteiger partial charge is 0.436 e. The molecule has 1 aliphatic carbocycles. The third-order valence-electron chi connectivity index (χ3n) is 7.14. The van der Waals surface area contributed by atoms with E-state index in [2.05, 4.69) is 10.7 Å². The highest BCUT2D eigenvalue weighted by atomic mass is 32.2. The molecule has 0 saturated heterocycles. The van der Waals surface area contributed by atoms with E-state index < -0.39 is 34.2 Å². The van der Waals surface area contributed by atoms with E-state index >= 15 is 0 Å². The summed E-state index contributed by atoms with van der Waals surface area (Å²) in [6, 6.07) is 21.3. The van der Waals surface area contributed by atoms with E-state index in [0.29, 0.717) is 19.4 Å². The number of nitrogens with two attached hydrogens (primary N) is 1. The molecule has 4 N–H and O–H groups in total. The number of unbranched alkanes of at least 4 members (excludes halogenated alkanes) is 1. The van der Waals surface area contributed by atoms with Crippen molar-refractivity contribution in [1.29, 1.82) is 0 Å². The molecule has 1 aliphatic rings. The molecule has 4 rings (SSSR count). The molecule has 41 heavy (non-hydrogen) atoms. The number of nitrogens with one attached hydrogen (secondary N) is 2. The fourth-order valence-electron chi connectivity index (χ4n) is 5.14. The van der Waals surface area contributed by atoms with Gasteiger partial charge < -0.3 is 10.1 Å². The van der Waals surface area contributed by atoms with Gasteiger partial charge in [0.15, 0.2) is 6.10 Å². The van der Waals surface area contributed by atoms with E-state index in [1.165, 1.54) is 4.31 Å². The lowest BCUT2D eigenvalue weighted by atomic mass is 10.1. The number of hydrogen-bond donors (Lipinski definition) is 3. The average Bonchev–Trinajstić information content (AvgIpc) is 3.27.